The van der Waals surface area contributed by atoms with Crippen molar-refractivity contribution >= 4 is 17.6 Å². The van der Waals surface area contributed by atoms with Crippen LogP contribution in [0.15, 0.2) is 42.5 Å². The number of nitrogens with zero attached hydrogens (tertiary/aromatic N) is 1. The van der Waals surface area contributed by atoms with E-state index >= 15 is 0 Å². The van der Waals surface area contributed by atoms with E-state index in [1.165, 1.54) is 11.1 Å². The lowest BCUT2D eigenvalue weighted by atomic mass is 9.83. The number of hydrogen-bond donors (Lipinski definition) is 1. The SMILES string of the molecule is O=C(O)CCN1CCC2(CC1)OCc1cc(OCc3ccccc3Cl)ccc12. The summed E-state index contributed by atoms with van der Waals surface area (Å²) < 4.78 is 12.2. The van der Waals surface area contributed by atoms with Crippen LogP contribution in [0.25, 0.3) is 0 Å². The molecule has 2 aliphatic rings. The fourth-order valence-electron chi connectivity index (χ4n) is 4.10. The van der Waals surface area contributed by atoms with E-state index in [4.69, 9.17) is 26.2 Å². The Morgan fingerprint density at radius 3 is 2.75 bits per heavy atom. The van der Waals surface area contributed by atoms with E-state index in [0.717, 1.165) is 37.2 Å². The summed E-state index contributed by atoms with van der Waals surface area (Å²) in [6, 6.07) is 13.9. The second kappa shape index (κ2) is 8.11. The number of hydrogen-bond acceptors (Lipinski definition) is 4. The van der Waals surface area contributed by atoms with Crippen LogP contribution in [0, 0.1) is 0 Å². The lowest BCUT2D eigenvalue weighted by Gasteiger charge is -2.39. The third-order valence-corrected chi connectivity index (χ3v) is 6.10. The molecule has 6 heteroatoms. The summed E-state index contributed by atoms with van der Waals surface area (Å²) in [6.45, 7) is 3.35. The number of benzene rings is 2. The van der Waals surface area contributed by atoms with Crippen molar-refractivity contribution in [3.05, 3.63) is 64.2 Å². The van der Waals surface area contributed by atoms with Gasteiger partial charge < -0.3 is 19.5 Å². The van der Waals surface area contributed by atoms with Gasteiger partial charge in [0, 0.05) is 30.2 Å². The number of carboxylic acids is 1. The van der Waals surface area contributed by atoms with Crippen molar-refractivity contribution < 1.29 is 19.4 Å². The van der Waals surface area contributed by atoms with Crippen molar-refractivity contribution in [2.75, 3.05) is 19.6 Å². The minimum absolute atomic E-state index is 0.191. The van der Waals surface area contributed by atoms with Crippen LogP contribution in [-0.2, 0) is 28.3 Å². The molecule has 0 atom stereocenters. The maximum atomic E-state index is 10.8. The highest BCUT2D eigenvalue weighted by Crippen LogP contribution is 2.45. The first kappa shape index (κ1) is 19.2. The molecule has 1 saturated heterocycles. The third kappa shape index (κ3) is 4.02. The number of aliphatic carboxylic acids is 1. The van der Waals surface area contributed by atoms with Gasteiger partial charge in [-0.15, -0.1) is 0 Å². The topological polar surface area (TPSA) is 59.0 Å². The van der Waals surface area contributed by atoms with Gasteiger partial charge >= 0.3 is 5.97 Å². The van der Waals surface area contributed by atoms with Gasteiger partial charge in [-0.1, -0.05) is 35.9 Å². The Morgan fingerprint density at radius 2 is 2.00 bits per heavy atom. The average molecular weight is 402 g/mol. The highest BCUT2D eigenvalue weighted by Gasteiger charge is 2.42. The molecule has 0 radical (unpaired) electrons. The van der Waals surface area contributed by atoms with E-state index in [1.807, 2.05) is 30.3 Å². The number of ether oxygens (including phenoxy) is 2. The molecular formula is C22H24ClNO4. The van der Waals surface area contributed by atoms with E-state index in [9.17, 15) is 4.79 Å². The van der Waals surface area contributed by atoms with E-state index in [1.54, 1.807) is 0 Å². The Balaban J connectivity index is 1.40. The molecule has 0 unspecified atom stereocenters. The van der Waals surface area contributed by atoms with E-state index in [-0.39, 0.29) is 12.0 Å². The average Bonchev–Trinajstić information content (AvgIpc) is 3.04. The van der Waals surface area contributed by atoms with E-state index < -0.39 is 5.97 Å². The number of carboxylic acid groups (broad SMARTS) is 1. The lowest BCUT2D eigenvalue weighted by molar-refractivity contribution is -0.137. The molecule has 2 aromatic rings. The van der Waals surface area contributed by atoms with Crippen molar-refractivity contribution in [1.82, 2.24) is 4.90 Å². The van der Waals surface area contributed by atoms with Crippen LogP contribution in [0.1, 0.15) is 36.0 Å². The van der Waals surface area contributed by atoms with Crippen molar-refractivity contribution in [1.29, 1.82) is 0 Å². The summed E-state index contributed by atoms with van der Waals surface area (Å²) in [6.07, 6.45) is 1.97. The number of rotatable bonds is 6. The maximum absolute atomic E-state index is 10.8. The number of piperidine rings is 1. The van der Waals surface area contributed by atoms with Gasteiger partial charge in [0.1, 0.15) is 12.4 Å². The quantitative estimate of drug-likeness (QED) is 0.785. The summed E-state index contributed by atoms with van der Waals surface area (Å²) in [5.74, 6) is 0.0743. The first-order chi connectivity index (χ1) is 13.6. The predicted octanol–water partition coefficient (Wildman–Crippen LogP) is 4.22. The molecular weight excluding hydrogens is 378 g/mol. The first-order valence-electron chi connectivity index (χ1n) is 9.63. The molecule has 1 N–H and O–H groups in total. The molecule has 148 valence electrons. The Bertz CT molecular complexity index is 861. The Kier molecular flexibility index (Phi) is 5.58. The van der Waals surface area contributed by atoms with Gasteiger partial charge in [-0.2, -0.15) is 0 Å². The van der Waals surface area contributed by atoms with Gasteiger partial charge in [-0.3, -0.25) is 4.79 Å². The van der Waals surface area contributed by atoms with Crippen LogP contribution < -0.4 is 4.74 Å². The summed E-state index contributed by atoms with van der Waals surface area (Å²) in [5.41, 5.74) is 3.15. The zero-order valence-electron chi connectivity index (χ0n) is 15.7. The van der Waals surface area contributed by atoms with Gasteiger partial charge in [0.2, 0.25) is 0 Å². The number of likely N-dealkylation sites (tertiary alicyclic amines) is 1. The fourth-order valence-corrected chi connectivity index (χ4v) is 4.29. The Morgan fingerprint density at radius 1 is 1.21 bits per heavy atom. The summed E-state index contributed by atoms with van der Waals surface area (Å²) >= 11 is 6.20. The standard InChI is InChI=1S/C22H24ClNO4/c23-20-4-2-1-3-16(20)14-27-18-5-6-19-17(13-18)15-28-22(19)8-11-24(12-9-22)10-7-21(25)26/h1-6,13H,7-12,14-15H2,(H,25,26). The van der Waals surface area contributed by atoms with Crippen LogP contribution in [-0.4, -0.2) is 35.6 Å². The largest absolute Gasteiger partial charge is 0.489 e. The summed E-state index contributed by atoms with van der Waals surface area (Å²) in [5, 5.41) is 9.58. The number of fused-ring (bicyclic) bond motifs is 2. The predicted molar refractivity (Wildman–Crippen MR) is 107 cm³/mol. The molecule has 1 fully saturated rings. The van der Waals surface area contributed by atoms with Crippen LogP contribution in [0.3, 0.4) is 0 Å². The van der Waals surface area contributed by atoms with Crippen LogP contribution >= 0.6 is 11.6 Å². The summed E-state index contributed by atoms with van der Waals surface area (Å²) in [7, 11) is 0. The minimum atomic E-state index is -0.743. The van der Waals surface area contributed by atoms with Crippen LogP contribution in [0.2, 0.25) is 5.02 Å². The number of carbonyl (C=O) groups is 1. The van der Waals surface area contributed by atoms with Crippen LogP contribution in [0.5, 0.6) is 5.75 Å². The second-order valence-electron chi connectivity index (χ2n) is 7.47. The third-order valence-electron chi connectivity index (χ3n) is 5.73. The van der Waals surface area contributed by atoms with Gasteiger partial charge in [0.15, 0.2) is 0 Å². The second-order valence-corrected chi connectivity index (χ2v) is 7.87. The first-order valence-corrected chi connectivity index (χ1v) is 10.0. The molecule has 1 spiro atoms. The zero-order valence-corrected chi connectivity index (χ0v) is 16.5. The smallest absolute Gasteiger partial charge is 0.304 e. The molecule has 2 aromatic carbocycles. The van der Waals surface area contributed by atoms with Gasteiger partial charge in [0.05, 0.1) is 18.6 Å². The van der Waals surface area contributed by atoms with Crippen molar-refractivity contribution in [3.63, 3.8) is 0 Å². The molecule has 0 aromatic heterocycles. The normalized spacial score (nSPS) is 18.2. The zero-order chi connectivity index (χ0) is 19.6. The molecule has 5 nitrogen and oxygen atoms in total. The van der Waals surface area contributed by atoms with Crippen molar-refractivity contribution in [3.8, 4) is 5.75 Å². The van der Waals surface area contributed by atoms with Crippen molar-refractivity contribution in [2.24, 2.45) is 0 Å². The van der Waals surface area contributed by atoms with E-state index in [2.05, 4.69) is 17.0 Å². The molecule has 0 amide bonds. The molecule has 2 aliphatic heterocycles. The van der Waals surface area contributed by atoms with E-state index in [0.29, 0.717) is 24.8 Å². The van der Waals surface area contributed by atoms with Crippen molar-refractivity contribution in [2.45, 2.75) is 38.1 Å². The molecule has 0 aliphatic carbocycles. The number of halogens is 1. The van der Waals surface area contributed by atoms with Gasteiger partial charge in [0.25, 0.3) is 0 Å². The molecule has 2 heterocycles. The lowest BCUT2D eigenvalue weighted by Crippen LogP contribution is -2.43. The minimum Gasteiger partial charge on any atom is -0.489 e. The molecule has 4 rings (SSSR count). The van der Waals surface area contributed by atoms with Gasteiger partial charge in [-0.05, 0) is 42.2 Å². The molecule has 0 bridgehead atoms. The fraction of sp³-hybridized carbons (Fsp3) is 0.409. The monoisotopic (exact) mass is 401 g/mol. The van der Waals surface area contributed by atoms with Crippen LogP contribution in [0.4, 0.5) is 0 Å². The molecule has 28 heavy (non-hydrogen) atoms. The maximum Gasteiger partial charge on any atom is 0.304 e. The molecule has 0 saturated carbocycles. The van der Waals surface area contributed by atoms with Gasteiger partial charge in [-0.25, -0.2) is 0 Å². The highest BCUT2D eigenvalue weighted by atomic mass is 35.5. The Labute approximate surface area is 169 Å². The highest BCUT2D eigenvalue weighted by molar-refractivity contribution is 6.31. The summed E-state index contributed by atoms with van der Waals surface area (Å²) in [4.78, 5) is 13.0. The Hall–Kier alpha value is -2.08.